The summed E-state index contributed by atoms with van der Waals surface area (Å²) in [5, 5.41) is 18.2. The molecule has 0 fully saturated rings. The first-order valence-corrected chi connectivity index (χ1v) is 7.40. The maximum Gasteiger partial charge on any atom is 0.0606 e. The average molecular weight is 292 g/mol. The Morgan fingerprint density at radius 1 is 1.10 bits per heavy atom. The highest BCUT2D eigenvalue weighted by Crippen LogP contribution is 2.34. The lowest BCUT2D eigenvalue weighted by Crippen LogP contribution is -2.29. The summed E-state index contributed by atoms with van der Waals surface area (Å²) < 4.78 is 0. The maximum atomic E-state index is 9.12. The third-order valence-electron chi connectivity index (χ3n) is 3.15. The van der Waals surface area contributed by atoms with Crippen LogP contribution in [0.1, 0.15) is 4.88 Å². The molecule has 0 aliphatic rings. The van der Waals surface area contributed by atoms with Crippen LogP contribution in [-0.4, -0.2) is 36.5 Å². The Morgan fingerprint density at radius 3 is 2.35 bits per heavy atom. The standard InChI is InChI=1S/C15H20N2O2S/c1-11-2-5-15(20-11)13-10-12(3-4-14(13)16)17(6-8-18)7-9-19/h2-5,10,18-19H,6-9,16H2,1H3. The largest absolute Gasteiger partial charge is 0.398 e. The molecular formula is C15H20N2O2S. The van der Waals surface area contributed by atoms with Gasteiger partial charge in [-0.3, -0.25) is 0 Å². The van der Waals surface area contributed by atoms with E-state index in [1.54, 1.807) is 11.3 Å². The molecule has 2 rings (SSSR count). The van der Waals surface area contributed by atoms with Crippen LogP contribution in [0, 0.1) is 6.92 Å². The van der Waals surface area contributed by atoms with Gasteiger partial charge < -0.3 is 20.8 Å². The third kappa shape index (κ3) is 3.30. The predicted molar refractivity (Wildman–Crippen MR) is 85.3 cm³/mol. The molecule has 0 aliphatic heterocycles. The SMILES string of the molecule is Cc1ccc(-c2cc(N(CCO)CCO)ccc2N)s1. The van der Waals surface area contributed by atoms with E-state index in [0.717, 1.165) is 21.8 Å². The van der Waals surface area contributed by atoms with Gasteiger partial charge in [-0.1, -0.05) is 0 Å². The summed E-state index contributed by atoms with van der Waals surface area (Å²) in [6.45, 7) is 3.16. The summed E-state index contributed by atoms with van der Waals surface area (Å²) in [7, 11) is 0. The fraction of sp³-hybridized carbons (Fsp3) is 0.333. The Kier molecular flexibility index (Phi) is 5.00. The lowest BCUT2D eigenvalue weighted by atomic mass is 10.1. The second kappa shape index (κ2) is 6.74. The lowest BCUT2D eigenvalue weighted by molar-refractivity contribution is 0.281. The van der Waals surface area contributed by atoms with Gasteiger partial charge in [-0.2, -0.15) is 0 Å². The van der Waals surface area contributed by atoms with E-state index < -0.39 is 0 Å². The molecule has 108 valence electrons. The number of aryl methyl sites for hydroxylation is 1. The molecule has 0 radical (unpaired) electrons. The molecule has 1 aromatic heterocycles. The maximum absolute atomic E-state index is 9.12. The second-order valence-corrected chi connectivity index (χ2v) is 5.90. The molecule has 0 saturated carbocycles. The minimum atomic E-state index is 0.0534. The first-order valence-electron chi connectivity index (χ1n) is 6.58. The minimum absolute atomic E-state index is 0.0534. The van der Waals surface area contributed by atoms with Crippen molar-refractivity contribution in [2.75, 3.05) is 36.9 Å². The molecule has 0 aliphatic carbocycles. The lowest BCUT2D eigenvalue weighted by Gasteiger charge is -2.23. The molecule has 0 bridgehead atoms. The topological polar surface area (TPSA) is 69.7 Å². The molecule has 4 N–H and O–H groups in total. The van der Waals surface area contributed by atoms with Gasteiger partial charge in [0.15, 0.2) is 0 Å². The molecule has 0 spiro atoms. The van der Waals surface area contributed by atoms with Crippen LogP contribution >= 0.6 is 11.3 Å². The van der Waals surface area contributed by atoms with E-state index in [1.807, 2.05) is 23.1 Å². The summed E-state index contributed by atoms with van der Waals surface area (Å²) in [6.07, 6.45) is 0. The number of hydrogen-bond acceptors (Lipinski definition) is 5. The van der Waals surface area contributed by atoms with Crippen LogP contribution in [-0.2, 0) is 0 Å². The molecule has 1 aromatic carbocycles. The van der Waals surface area contributed by atoms with Gasteiger partial charge in [-0.05, 0) is 37.3 Å². The Morgan fingerprint density at radius 2 is 1.80 bits per heavy atom. The normalized spacial score (nSPS) is 10.8. The van der Waals surface area contributed by atoms with E-state index in [4.69, 9.17) is 15.9 Å². The van der Waals surface area contributed by atoms with Gasteiger partial charge >= 0.3 is 0 Å². The van der Waals surface area contributed by atoms with Crippen molar-refractivity contribution in [1.82, 2.24) is 0 Å². The third-order valence-corrected chi connectivity index (χ3v) is 4.18. The quantitative estimate of drug-likeness (QED) is 0.713. The number of nitrogen functional groups attached to an aromatic ring is 1. The van der Waals surface area contributed by atoms with E-state index >= 15 is 0 Å². The zero-order valence-corrected chi connectivity index (χ0v) is 12.4. The first kappa shape index (κ1) is 14.8. The summed E-state index contributed by atoms with van der Waals surface area (Å²) in [5.41, 5.74) is 8.77. The number of anilines is 2. The fourth-order valence-corrected chi connectivity index (χ4v) is 3.05. The molecule has 2 aromatic rings. The van der Waals surface area contributed by atoms with Crippen molar-refractivity contribution in [3.05, 3.63) is 35.2 Å². The highest BCUT2D eigenvalue weighted by molar-refractivity contribution is 7.15. The molecule has 4 nitrogen and oxygen atoms in total. The van der Waals surface area contributed by atoms with Crippen molar-refractivity contribution < 1.29 is 10.2 Å². The molecule has 20 heavy (non-hydrogen) atoms. The van der Waals surface area contributed by atoms with Gasteiger partial charge in [-0.25, -0.2) is 0 Å². The number of aliphatic hydroxyl groups is 2. The average Bonchev–Trinajstić information content (AvgIpc) is 2.86. The van der Waals surface area contributed by atoms with Crippen LogP contribution < -0.4 is 10.6 Å². The van der Waals surface area contributed by atoms with Gasteiger partial charge in [0.1, 0.15) is 0 Å². The van der Waals surface area contributed by atoms with Gasteiger partial charge in [0, 0.05) is 39.8 Å². The van der Waals surface area contributed by atoms with Crippen LogP contribution in [0.2, 0.25) is 0 Å². The van der Waals surface area contributed by atoms with E-state index in [9.17, 15) is 0 Å². The molecule has 5 heteroatoms. The minimum Gasteiger partial charge on any atom is -0.398 e. The van der Waals surface area contributed by atoms with Crippen molar-refractivity contribution in [1.29, 1.82) is 0 Å². The van der Waals surface area contributed by atoms with E-state index in [0.29, 0.717) is 13.1 Å². The molecule has 0 amide bonds. The predicted octanol–water partition coefficient (Wildman–Crippen LogP) is 2.10. The van der Waals surface area contributed by atoms with E-state index in [1.165, 1.54) is 4.88 Å². The monoisotopic (exact) mass is 292 g/mol. The summed E-state index contributed by atoms with van der Waals surface area (Å²) >= 11 is 1.70. The number of aliphatic hydroxyl groups excluding tert-OH is 2. The first-order chi connectivity index (χ1) is 9.65. The Balaban J connectivity index is 2.36. The van der Waals surface area contributed by atoms with Crippen LogP contribution in [0.5, 0.6) is 0 Å². The van der Waals surface area contributed by atoms with Crippen molar-refractivity contribution >= 4 is 22.7 Å². The number of nitrogens with zero attached hydrogens (tertiary/aromatic N) is 1. The van der Waals surface area contributed by atoms with Crippen LogP contribution in [0.25, 0.3) is 10.4 Å². The number of thiophene rings is 1. The number of nitrogens with two attached hydrogens (primary N) is 1. The highest BCUT2D eigenvalue weighted by atomic mass is 32.1. The molecular weight excluding hydrogens is 272 g/mol. The summed E-state index contributed by atoms with van der Waals surface area (Å²) in [4.78, 5) is 4.32. The van der Waals surface area contributed by atoms with Gasteiger partial charge in [0.25, 0.3) is 0 Å². The van der Waals surface area contributed by atoms with Crippen LogP contribution in [0.4, 0.5) is 11.4 Å². The van der Waals surface area contributed by atoms with Crippen LogP contribution in [0.15, 0.2) is 30.3 Å². The van der Waals surface area contributed by atoms with Gasteiger partial charge in [0.05, 0.1) is 13.2 Å². The fourth-order valence-electron chi connectivity index (χ4n) is 2.15. The Hall–Kier alpha value is -1.56. The zero-order valence-electron chi connectivity index (χ0n) is 11.5. The van der Waals surface area contributed by atoms with Crippen molar-refractivity contribution in [2.45, 2.75) is 6.92 Å². The Labute approximate surface area is 123 Å². The highest BCUT2D eigenvalue weighted by Gasteiger charge is 2.10. The molecule has 0 atom stereocenters. The van der Waals surface area contributed by atoms with Crippen molar-refractivity contribution in [3.8, 4) is 10.4 Å². The Bertz CT molecular complexity index is 563. The second-order valence-electron chi connectivity index (χ2n) is 4.62. The molecule has 1 heterocycles. The number of rotatable bonds is 6. The smallest absolute Gasteiger partial charge is 0.0606 e. The van der Waals surface area contributed by atoms with Crippen molar-refractivity contribution in [2.24, 2.45) is 0 Å². The summed E-state index contributed by atoms with van der Waals surface area (Å²) in [5.74, 6) is 0. The van der Waals surface area contributed by atoms with Crippen molar-refractivity contribution in [3.63, 3.8) is 0 Å². The van der Waals surface area contributed by atoms with Gasteiger partial charge in [-0.15, -0.1) is 11.3 Å². The summed E-state index contributed by atoms with van der Waals surface area (Å²) in [6, 6.07) is 9.96. The van der Waals surface area contributed by atoms with Crippen LogP contribution in [0.3, 0.4) is 0 Å². The van der Waals surface area contributed by atoms with E-state index in [2.05, 4.69) is 19.1 Å². The zero-order chi connectivity index (χ0) is 14.5. The number of hydrogen-bond donors (Lipinski definition) is 3. The number of benzene rings is 1. The van der Waals surface area contributed by atoms with E-state index in [-0.39, 0.29) is 13.2 Å². The molecule has 0 unspecified atom stereocenters. The molecule has 0 saturated heterocycles. The van der Waals surface area contributed by atoms with Gasteiger partial charge in [0.2, 0.25) is 0 Å².